The Bertz CT molecular complexity index is 688. The van der Waals surface area contributed by atoms with Crippen LogP contribution < -0.4 is 0 Å². The van der Waals surface area contributed by atoms with Gasteiger partial charge in [0.25, 0.3) is 0 Å². The third-order valence-electron chi connectivity index (χ3n) is 5.11. The van der Waals surface area contributed by atoms with Crippen molar-refractivity contribution >= 4 is 19.5 Å². The highest BCUT2D eigenvalue weighted by molar-refractivity contribution is 7.51. The minimum Gasteiger partial charge on any atom is -0.459 e. The highest BCUT2D eigenvalue weighted by atomic mass is 31.2. The molecule has 3 heterocycles. The second-order valence-electron chi connectivity index (χ2n) is 6.66. The van der Waals surface area contributed by atoms with Crippen molar-refractivity contribution in [2.24, 2.45) is 11.8 Å². The molecule has 0 radical (unpaired) electrons. The van der Waals surface area contributed by atoms with Crippen LogP contribution in [-0.4, -0.2) is 70.9 Å². The molecule has 0 spiro atoms. The lowest BCUT2D eigenvalue weighted by Crippen LogP contribution is -2.48. The first-order chi connectivity index (χ1) is 12.2. The summed E-state index contributed by atoms with van der Waals surface area (Å²) in [5.41, 5.74) is -0.956. The van der Waals surface area contributed by atoms with Gasteiger partial charge in [-0.15, -0.1) is 0 Å². The summed E-state index contributed by atoms with van der Waals surface area (Å²) >= 11 is 0. The minimum absolute atomic E-state index is 0.0600. The molecule has 3 aliphatic rings. The quantitative estimate of drug-likeness (QED) is 0.259. The first-order valence-corrected chi connectivity index (χ1v) is 10.1. The molecule has 144 valence electrons. The first kappa shape index (κ1) is 19.3. The summed E-state index contributed by atoms with van der Waals surface area (Å²) in [6.45, 7) is 3.47. The van der Waals surface area contributed by atoms with Gasteiger partial charge in [0.1, 0.15) is 18.4 Å². The van der Waals surface area contributed by atoms with Crippen LogP contribution in [0.4, 0.5) is 0 Å². The van der Waals surface area contributed by atoms with E-state index in [9.17, 15) is 14.2 Å². The van der Waals surface area contributed by atoms with Gasteiger partial charge in [-0.3, -0.25) is 9.36 Å². The number of esters is 1. The summed E-state index contributed by atoms with van der Waals surface area (Å²) in [6.07, 6.45) is 3.44. The standard InChI is InChI=1S/C16H22NO8P/c1-3-11(18)24-9-16-6-5-10(25-16)12-13(16)15(23-2)17(14(12)19)7-4-8-26(20,21)22/h3,5-6,10,12-13,15H,1,4,7-9H2,2H3,(H2,20,21,22). The highest BCUT2D eigenvalue weighted by Gasteiger charge is 2.67. The highest BCUT2D eigenvalue weighted by Crippen LogP contribution is 2.54. The van der Waals surface area contributed by atoms with E-state index in [4.69, 9.17) is 24.0 Å². The number of likely N-dealkylation sites (tertiary alicyclic amines) is 1. The fourth-order valence-electron chi connectivity index (χ4n) is 4.08. The van der Waals surface area contributed by atoms with Crippen LogP contribution in [-0.2, 0) is 28.4 Å². The molecule has 2 bridgehead atoms. The molecule has 0 aromatic rings. The van der Waals surface area contributed by atoms with E-state index in [1.54, 1.807) is 12.2 Å². The predicted molar refractivity (Wildman–Crippen MR) is 88.9 cm³/mol. The average molecular weight is 387 g/mol. The largest absolute Gasteiger partial charge is 0.459 e. The molecule has 26 heavy (non-hydrogen) atoms. The fourth-order valence-corrected chi connectivity index (χ4v) is 4.64. The maximum atomic E-state index is 12.9. The average Bonchev–Trinajstić information content (AvgIpc) is 3.22. The van der Waals surface area contributed by atoms with Crippen LogP contribution in [0.1, 0.15) is 6.42 Å². The van der Waals surface area contributed by atoms with Crippen molar-refractivity contribution in [3.05, 3.63) is 24.8 Å². The van der Waals surface area contributed by atoms with Gasteiger partial charge in [0, 0.05) is 19.7 Å². The molecule has 0 saturated carbocycles. The Hall–Kier alpha value is -1.51. The Morgan fingerprint density at radius 1 is 1.54 bits per heavy atom. The fraction of sp³-hybridized carbons (Fsp3) is 0.625. The number of hydrogen-bond donors (Lipinski definition) is 2. The molecule has 1 amide bonds. The van der Waals surface area contributed by atoms with E-state index in [1.165, 1.54) is 12.0 Å². The maximum Gasteiger partial charge on any atom is 0.330 e. The molecular weight excluding hydrogens is 365 g/mol. The summed E-state index contributed by atoms with van der Waals surface area (Å²) in [6, 6.07) is 0. The van der Waals surface area contributed by atoms with Crippen molar-refractivity contribution < 1.29 is 38.2 Å². The van der Waals surface area contributed by atoms with Crippen molar-refractivity contribution in [1.29, 1.82) is 0 Å². The molecule has 9 nitrogen and oxygen atoms in total. The maximum absolute atomic E-state index is 12.9. The zero-order chi connectivity index (χ0) is 19.1. The van der Waals surface area contributed by atoms with Gasteiger partial charge in [0.05, 0.1) is 24.1 Å². The van der Waals surface area contributed by atoms with Crippen LogP contribution in [0.25, 0.3) is 0 Å². The summed E-state index contributed by atoms with van der Waals surface area (Å²) in [5, 5.41) is 0. The Morgan fingerprint density at radius 3 is 2.88 bits per heavy atom. The Kier molecular flexibility index (Phi) is 5.11. The second kappa shape index (κ2) is 6.90. The molecule has 0 aromatic heterocycles. The normalized spacial score (nSPS) is 35.0. The number of ether oxygens (including phenoxy) is 3. The van der Waals surface area contributed by atoms with Gasteiger partial charge in [-0.25, -0.2) is 4.79 Å². The van der Waals surface area contributed by atoms with Crippen molar-refractivity contribution in [1.82, 2.24) is 4.90 Å². The first-order valence-electron chi connectivity index (χ1n) is 8.26. The number of hydrogen-bond acceptors (Lipinski definition) is 6. The van der Waals surface area contributed by atoms with Gasteiger partial charge in [0.2, 0.25) is 5.91 Å². The number of carbonyl (C=O) groups is 2. The smallest absolute Gasteiger partial charge is 0.330 e. The second-order valence-corrected chi connectivity index (χ2v) is 8.44. The number of carbonyl (C=O) groups excluding carboxylic acids is 2. The number of nitrogens with zero attached hydrogens (tertiary/aromatic N) is 1. The Morgan fingerprint density at radius 2 is 2.27 bits per heavy atom. The number of amides is 1. The lowest BCUT2D eigenvalue weighted by molar-refractivity contribution is -0.155. The van der Waals surface area contributed by atoms with Crippen LogP contribution in [0.5, 0.6) is 0 Å². The summed E-state index contributed by atoms with van der Waals surface area (Å²) in [7, 11) is -2.66. The van der Waals surface area contributed by atoms with E-state index in [0.29, 0.717) is 0 Å². The molecule has 10 heteroatoms. The van der Waals surface area contributed by atoms with E-state index in [-0.39, 0.29) is 37.6 Å². The molecule has 0 aromatic carbocycles. The van der Waals surface area contributed by atoms with Crippen molar-refractivity contribution in [3.8, 4) is 0 Å². The Balaban J connectivity index is 1.77. The van der Waals surface area contributed by atoms with Crippen molar-refractivity contribution in [2.75, 3.05) is 26.4 Å². The van der Waals surface area contributed by atoms with Crippen LogP contribution >= 0.6 is 7.60 Å². The van der Waals surface area contributed by atoms with Gasteiger partial charge in [-0.2, -0.15) is 0 Å². The summed E-state index contributed by atoms with van der Waals surface area (Å²) in [4.78, 5) is 43.8. The number of methoxy groups -OCH3 is 1. The van der Waals surface area contributed by atoms with E-state index in [1.807, 2.05) is 0 Å². The molecule has 3 rings (SSSR count). The molecule has 2 saturated heterocycles. The zero-order valence-corrected chi connectivity index (χ0v) is 15.2. The van der Waals surface area contributed by atoms with Gasteiger partial charge in [-0.1, -0.05) is 18.7 Å². The summed E-state index contributed by atoms with van der Waals surface area (Å²) in [5.74, 6) is -1.61. The number of fused-ring (bicyclic) bond motifs is 5. The topological polar surface area (TPSA) is 123 Å². The third-order valence-corrected chi connectivity index (χ3v) is 6.01. The summed E-state index contributed by atoms with van der Waals surface area (Å²) < 4.78 is 27.7. The zero-order valence-electron chi connectivity index (χ0n) is 14.3. The lowest BCUT2D eigenvalue weighted by atomic mass is 9.77. The molecule has 3 aliphatic heterocycles. The van der Waals surface area contributed by atoms with Gasteiger partial charge >= 0.3 is 13.6 Å². The van der Waals surface area contributed by atoms with Crippen LogP contribution in [0.2, 0.25) is 0 Å². The van der Waals surface area contributed by atoms with Gasteiger partial charge < -0.3 is 28.9 Å². The SMILES string of the molecule is C=CC(=O)OCC12C=CC(O1)C1C(=O)N(CCCP(=O)(O)O)C(OC)C12. The van der Waals surface area contributed by atoms with E-state index in [0.717, 1.165) is 6.08 Å². The van der Waals surface area contributed by atoms with Crippen LogP contribution in [0.3, 0.4) is 0 Å². The van der Waals surface area contributed by atoms with Crippen molar-refractivity contribution in [2.45, 2.75) is 24.4 Å². The van der Waals surface area contributed by atoms with E-state index >= 15 is 0 Å². The molecule has 5 atom stereocenters. The van der Waals surface area contributed by atoms with Gasteiger partial charge in [-0.05, 0) is 6.42 Å². The van der Waals surface area contributed by atoms with Crippen molar-refractivity contribution in [3.63, 3.8) is 0 Å². The molecular formula is C16H22NO8P. The third kappa shape index (κ3) is 3.25. The van der Waals surface area contributed by atoms with E-state index in [2.05, 4.69) is 6.58 Å². The molecule has 2 fully saturated rings. The van der Waals surface area contributed by atoms with Crippen LogP contribution in [0.15, 0.2) is 24.8 Å². The molecule has 0 aliphatic carbocycles. The van der Waals surface area contributed by atoms with E-state index < -0.39 is 37.4 Å². The van der Waals surface area contributed by atoms with Crippen LogP contribution in [0, 0.1) is 11.8 Å². The Labute approximate surface area is 150 Å². The monoisotopic (exact) mass is 387 g/mol. The molecule has 5 unspecified atom stereocenters. The predicted octanol–water partition coefficient (Wildman–Crippen LogP) is 0.0379. The number of rotatable bonds is 8. The lowest BCUT2D eigenvalue weighted by Gasteiger charge is -2.34. The minimum atomic E-state index is -4.13. The van der Waals surface area contributed by atoms with Gasteiger partial charge in [0.15, 0.2) is 0 Å². The molecule has 2 N–H and O–H groups in total.